The van der Waals surface area contributed by atoms with E-state index in [1.165, 1.54) is 0 Å². The van der Waals surface area contributed by atoms with Crippen LogP contribution in [0.4, 0.5) is 0 Å². The van der Waals surface area contributed by atoms with Crippen LogP contribution in [-0.2, 0) is 9.47 Å². The number of nitrogens with one attached hydrogen (secondary N) is 1. The van der Waals surface area contributed by atoms with Crippen LogP contribution in [0.2, 0.25) is 0 Å². The molecule has 0 aromatic heterocycles. The first-order chi connectivity index (χ1) is 8.95. The molecule has 1 N–H and O–H groups in total. The minimum absolute atomic E-state index is 0.614. The van der Waals surface area contributed by atoms with Gasteiger partial charge < -0.3 is 19.1 Å². The van der Waals surface area contributed by atoms with Gasteiger partial charge in [-0.25, -0.2) is 0 Å². The SMILES string of the molecule is c1ccc(OCCOCC[NH+]2CCOCC2)cc1. The number of hydrogen-bond acceptors (Lipinski definition) is 3. The van der Waals surface area contributed by atoms with Crippen molar-refractivity contribution in [2.45, 2.75) is 0 Å². The summed E-state index contributed by atoms with van der Waals surface area (Å²) in [6, 6.07) is 9.83. The van der Waals surface area contributed by atoms with Gasteiger partial charge in [0.05, 0.1) is 26.4 Å². The fraction of sp³-hybridized carbons (Fsp3) is 0.571. The molecule has 0 radical (unpaired) electrons. The van der Waals surface area contributed by atoms with Gasteiger partial charge in [-0.3, -0.25) is 0 Å². The summed E-state index contributed by atoms with van der Waals surface area (Å²) in [5.41, 5.74) is 0. The van der Waals surface area contributed by atoms with Crippen LogP contribution >= 0.6 is 0 Å². The molecule has 0 atom stereocenters. The number of benzene rings is 1. The Bertz CT molecular complexity index is 312. The van der Waals surface area contributed by atoms with Crippen LogP contribution < -0.4 is 9.64 Å². The predicted molar refractivity (Wildman–Crippen MR) is 69.1 cm³/mol. The molecule has 0 saturated carbocycles. The third-order valence-corrected chi connectivity index (χ3v) is 3.04. The Morgan fingerprint density at radius 3 is 2.56 bits per heavy atom. The van der Waals surface area contributed by atoms with E-state index in [4.69, 9.17) is 14.2 Å². The smallest absolute Gasteiger partial charge is 0.119 e. The average Bonchev–Trinajstić information content (AvgIpc) is 2.45. The standard InChI is InChI=1S/C14H21NO3/c1-2-4-14(5-3-1)18-13-12-17-11-8-15-6-9-16-10-7-15/h1-5H,6-13H2/p+1. The topological polar surface area (TPSA) is 32.1 Å². The third kappa shape index (κ3) is 5.04. The highest BCUT2D eigenvalue weighted by atomic mass is 16.5. The van der Waals surface area contributed by atoms with Crippen molar-refractivity contribution in [1.29, 1.82) is 0 Å². The van der Waals surface area contributed by atoms with Gasteiger partial charge in [0.2, 0.25) is 0 Å². The fourth-order valence-electron chi connectivity index (χ4n) is 1.96. The summed E-state index contributed by atoms with van der Waals surface area (Å²) in [5.74, 6) is 0.903. The average molecular weight is 252 g/mol. The molecule has 1 aromatic carbocycles. The lowest BCUT2D eigenvalue weighted by Crippen LogP contribution is -3.14. The van der Waals surface area contributed by atoms with E-state index in [9.17, 15) is 0 Å². The zero-order valence-corrected chi connectivity index (χ0v) is 10.8. The lowest BCUT2D eigenvalue weighted by molar-refractivity contribution is -0.908. The second kappa shape index (κ2) is 8.08. The normalized spacial score (nSPS) is 16.7. The zero-order valence-electron chi connectivity index (χ0n) is 10.8. The molecule has 1 fully saturated rings. The monoisotopic (exact) mass is 252 g/mol. The number of hydrogen-bond donors (Lipinski definition) is 1. The van der Waals surface area contributed by atoms with Crippen LogP contribution in [0.3, 0.4) is 0 Å². The van der Waals surface area contributed by atoms with Gasteiger partial charge in [0.25, 0.3) is 0 Å². The summed E-state index contributed by atoms with van der Waals surface area (Å²) in [4.78, 5) is 1.57. The number of morpholine rings is 1. The van der Waals surface area contributed by atoms with Crippen LogP contribution in [-0.4, -0.2) is 52.7 Å². The van der Waals surface area contributed by atoms with Crippen LogP contribution in [0.15, 0.2) is 30.3 Å². The highest BCUT2D eigenvalue weighted by Crippen LogP contribution is 2.07. The Morgan fingerprint density at radius 2 is 1.78 bits per heavy atom. The van der Waals surface area contributed by atoms with E-state index in [-0.39, 0.29) is 0 Å². The lowest BCUT2D eigenvalue weighted by atomic mass is 10.3. The van der Waals surface area contributed by atoms with Crippen LogP contribution in [0.25, 0.3) is 0 Å². The first kappa shape index (κ1) is 13.3. The number of ether oxygens (including phenoxy) is 3. The molecule has 4 heteroatoms. The number of rotatable bonds is 7. The van der Waals surface area contributed by atoms with E-state index in [0.29, 0.717) is 13.2 Å². The van der Waals surface area contributed by atoms with E-state index in [1.807, 2.05) is 30.3 Å². The van der Waals surface area contributed by atoms with Crippen molar-refractivity contribution < 1.29 is 19.1 Å². The number of quaternary nitrogens is 1. The van der Waals surface area contributed by atoms with Gasteiger partial charge in [-0.15, -0.1) is 0 Å². The summed E-state index contributed by atoms with van der Waals surface area (Å²) in [7, 11) is 0. The van der Waals surface area contributed by atoms with Crippen LogP contribution in [0.1, 0.15) is 0 Å². The second-order valence-corrected chi connectivity index (χ2v) is 4.39. The quantitative estimate of drug-likeness (QED) is 0.693. The lowest BCUT2D eigenvalue weighted by Gasteiger charge is -2.23. The maximum atomic E-state index is 5.57. The van der Waals surface area contributed by atoms with Gasteiger partial charge >= 0.3 is 0 Å². The molecule has 0 bridgehead atoms. The molecule has 1 aromatic rings. The molecule has 0 amide bonds. The molecule has 100 valence electrons. The summed E-state index contributed by atoms with van der Waals surface area (Å²) < 4.78 is 16.4. The molecule has 0 spiro atoms. The van der Waals surface area contributed by atoms with Crippen molar-refractivity contribution in [2.75, 3.05) is 52.7 Å². The van der Waals surface area contributed by atoms with Gasteiger partial charge in [-0.2, -0.15) is 0 Å². The maximum Gasteiger partial charge on any atom is 0.119 e. The first-order valence-corrected chi connectivity index (χ1v) is 6.62. The summed E-state index contributed by atoms with van der Waals surface area (Å²) in [5, 5.41) is 0. The summed E-state index contributed by atoms with van der Waals surface area (Å²) in [6.07, 6.45) is 0. The Labute approximate surface area is 108 Å². The molecule has 1 aliphatic rings. The van der Waals surface area contributed by atoms with Gasteiger partial charge in [0, 0.05) is 0 Å². The Hall–Kier alpha value is -1.10. The fourth-order valence-corrected chi connectivity index (χ4v) is 1.96. The predicted octanol–water partition coefficient (Wildman–Crippen LogP) is -0.00290. The van der Waals surface area contributed by atoms with E-state index >= 15 is 0 Å². The number of para-hydroxylation sites is 1. The van der Waals surface area contributed by atoms with Crippen molar-refractivity contribution in [3.05, 3.63) is 30.3 Å². The molecule has 1 saturated heterocycles. The van der Waals surface area contributed by atoms with E-state index in [2.05, 4.69) is 0 Å². The molecule has 4 nitrogen and oxygen atoms in total. The molecular formula is C14H22NO3+. The maximum absolute atomic E-state index is 5.57. The highest BCUT2D eigenvalue weighted by molar-refractivity contribution is 5.20. The molecule has 0 unspecified atom stereocenters. The molecule has 1 aliphatic heterocycles. The second-order valence-electron chi connectivity index (χ2n) is 4.39. The van der Waals surface area contributed by atoms with Crippen molar-refractivity contribution in [3.63, 3.8) is 0 Å². The molecule has 18 heavy (non-hydrogen) atoms. The minimum Gasteiger partial charge on any atom is -0.491 e. The highest BCUT2D eigenvalue weighted by Gasteiger charge is 2.12. The summed E-state index contributed by atoms with van der Waals surface area (Å²) >= 11 is 0. The Balaban J connectivity index is 1.46. The van der Waals surface area contributed by atoms with E-state index in [0.717, 1.165) is 45.2 Å². The Morgan fingerprint density at radius 1 is 1.00 bits per heavy atom. The van der Waals surface area contributed by atoms with E-state index in [1.54, 1.807) is 4.90 Å². The van der Waals surface area contributed by atoms with Crippen LogP contribution in [0.5, 0.6) is 5.75 Å². The minimum atomic E-state index is 0.614. The van der Waals surface area contributed by atoms with Gasteiger partial charge in [-0.05, 0) is 12.1 Å². The van der Waals surface area contributed by atoms with Crippen molar-refractivity contribution in [3.8, 4) is 5.75 Å². The Kier molecular flexibility index (Phi) is 5.99. The van der Waals surface area contributed by atoms with Crippen molar-refractivity contribution in [1.82, 2.24) is 0 Å². The van der Waals surface area contributed by atoms with Crippen molar-refractivity contribution >= 4 is 0 Å². The molecule has 2 rings (SSSR count). The molecule has 1 heterocycles. The van der Waals surface area contributed by atoms with E-state index < -0.39 is 0 Å². The van der Waals surface area contributed by atoms with Gasteiger partial charge in [0.1, 0.15) is 32.0 Å². The van der Waals surface area contributed by atoms with Gasteiger partial charge in [-0.1, -0.05) is 18.2 Å². The first-order valence-electron chi connectivity index (χ1n) is 6.62. The van der Waals surface area contributed by atoms with Crippen molar-refractivity contribution in [2.24, 2.45) is 0 Å². The molecule has 0 aliphatic carbocycles. The molecular weight excluding hydrogens is 230 g/mol. The third-order valence-electron chi connectivity index (χ3n) is 3.04. The largest absolute Gasteiger partial charge is 0.491 e. The summed E-state index contributed by atoms with van der Waals surface area (Å²) in [6.45, 7) is 7.09. The van der Waals surface area contributed by atoms with Gasteiger partial charge in [0.15, 0.2) is 0 Å². The van der Waals surface area contributed by atoms with Crippen LogP contribution in [0, 0.1) is 0 Å². The zero-order chi connectivity index (χ0) is 12.5.